The molecule has 0 amide bonds. The first kappa shape index (κ1) is 15.6. The van der Waals surface area contributed by atoms with Crippen LogP contribution in [0.3, 0.4) is 0 Å². The second-order valence-electron chi connectivity index (χ2n) is 5.56. The number of rotatable bonds is 9. The normalized spacial score (nSPS) is 13.2. The Kier molecular flexibility index (Phi) is 7.52. The molecule has 1 unspecified atom stereocenters. The zero-order valence-corrected chi connectivity index (χ0v) is 13.1. The third kappa shape index (κ3) is 6.50. The van der Waals surface area contributed by atoms with Crippen LogP contribution in [0, 0.1) is 12.8 Å². The van der Waals surface area contributed by atoms with E-state index in [0.29, 0.717) is 6.04 Å². The van der Waals surface area contributed by atoms with Crippen molar-refractivity contribution in [3.05, 3.63) is 16.1 Å². The lowest BCUT2D eigenvalue weighted by Gasteiger charge is -2.11. The summed E-state index contributed by atoms with van der Waals surface area (Å²) in [6.07, 6.45) is 6.78. The summed E-state index contributed by atoms with van der Waals surface area (Å²) < 4.78 is 0. The molecule has 0 aliphatic heterocycles. The van der Waals surface area contributed by atoms with Crippen LogP contribution >= 0.6 is 11.3 Å². The number of hydrogen-bond acceptors (Lipinski definition) is 3. The van der Waals surface area contributed by atoms with Gasteiger partial charge in [-0.15, -0.1) is 11.3 Å². The van der Waals surface area contributed by atoms with E-state index in [-0.39, 0.29) is 0 Å². The van der Waals surface area contributed by atoms with Crippen LogP contribution in [0.15, 0.2) is 5.38 Å². The second kappa shape index (κ2) is 8.65. The molecule has 0 radical (unpaired) electrons. The molecule has 0 spiro atoms. The van der Waals surface area contributed by atoms with E-state index < -0.39 is 0 Å². The van der Waals surface area contributed by atoms with E-state index in [1.807, 2.05) is 0 Å². The molecule has 1 heterocycles. The Balaban J connectivity index is 2.01. The van der Waals surface area contributed by atoms with Gasteiger partial charge in [-0.25, -0.2) is 4.98 Å². The zero-order chi connectivity index (χ0) is 13.4. The van der Waals surface area contributed by atoms with Crippen molar-refractivity contribution in [3.63, 3.8) is 0 Å². The average Bonchev–Trinajstić information content (AvgIpc) is 2.74. The SMILES string of the molecule is Cc1nc(C(C)NCCCCCCC(C)C)cs1. The van der Waals surface area contributed by atoms with Gasteiger partial charge < -0.3 is 5.32 Å². The largest absolute Gasteiger partial charge is 0.309 e. The maximum atomic E-state index is 4.51. The number of thiazole rings is 1. The number of aromatic nitrogens is 1. The van der Waals surface area contributed by atoms with Crippen molar-refractivity contribution < 1.29 is 0 Å². The lowest BCUT2D eigenvalue weighted by Crippen LogP contribution is -2.20. The summed E-state index contributed by atoms with van der Waals surface area (Å²) in [5.74, 6) is 0.857. The molecule has 0 aromatic carbocycles. The average molecular weight is 268 g/mol. The lowest BCUT2D eigenvalue weighted by molar-refractivity contribution is 0.496. The van der Waals surface area contributed by atoms with Crippen molar-refractivity contribution in [1.29, 1.82) is 0 Å². The number of nitrogens with zero attached hydrogens (tertiary/aromatic N) is 1. The van der Waals surface area contributed by atoms with Gasteiger partial charge in [0.1, 0.15) is 0 Å². The highest BCUT2D eigenvalue weighted by molar-refractivity contribution is 7.09. The van der Waals surface area contributed by atoms with Crippen LogP contribution in [0.25, 0.3) is 0 Å². The zero-order valence-electron chi connectivity index (χ0n) is 12.3. The molecular weight excluding hydrogens is 240 g/mol. The fourth-order valence-corrected chi connectivity index (χ4v) is 2.74. The van der Waals surface area contributed by atoms with Gasteiger partial charge >= 0.3 is 0 Å². The Morgan fingerprint density at radius 2 is 1.89 bits per heavy atom. The van der Waals surface area contributed by atoms with E-state index in [1.165, 1.54) is 37.8 Å². The minimum absolute atomic E-state index is 0.394. The molecule has 104 valence electrons. The third-order valence-corrected chi connectivity index (χ3v) is 4.03. The summed E-state index contributed by atoms with van der Waals surface area (Å²) in [5, 5.41) is 6.88. The van der Waals surface area contributed by atoms with Gasteiger partial charge in [-0.05, 0) is 32.7 Å². The van der Waals surface area contributed by atoms with E-state index in [4.69, 9.17) is 0 Å². The topological polar surface area (TPSA) is 24.9 Å². The summed E-state index contributed by atoms with van der Waals surface area (Å²) in [7, 11) is 0. The molecule has 1 rings (SSSR count). The molecule has 1 atom stereocenters. The summed E-state index contributed by atoms with van der Waals surface area (Å²) in [6.45, 7) is 9.99. The molecule has 0 saturated carbocycles. The number of nitrogens with one attached hydrogen (secondary N) is 1. The van der Waals surface area contributed by atoms with Crippen LogP contribution in [0.5, 0.6) is 0 Å². The standard InChI is InChI=1S/C15H28N2S/c1-12(2)9-7-5-6-8-10-16-13(3)15-11-18-14(4)17-15/h11-13,16H,5-10H2,1-4H3. The summed E-state index contributed by atoms with van der Waals surface area (Å²) in [6, 6.07) is 0.394. The monoisotopic (exact) mass is 268 g/mol. The highest BCUT2D eigenvalue weighted by Gasteiger charge is 2.07. The van der Waals surface area contributed by atoms with Crippen molar-refractivity contribution in [3.8, 4) is 0 Å². The molecule has 0 bridgehead atoms. The van der Waals surface area contributed by atoms with Crippen LogP contribution in [-0.4, -0.2) is 11.5 Å². The summed E-state index contributed by atoms with van der Waals surface area (Å²) >= 11 is 1.73. The van der Waals surface area contributed by atoms with Crippen LogP contribution in [0.2, 0.25) is 0 Å². The first-order valence-electron chi connectivity index (χ1n) is 7.25. The predicted molar refractivity (Wildman–Crippen MR) is 81.2 cm³/mol. The van der Waals surface area contributed by atoms with Crippen molar-refractivity contribution >= 4 is 11.3 Å². The van der Waals surface area contributed by atoms with E-state index in [9.17, 15) is 0 Å². The molecule has 0 fully saturated rings. The molecule has 1 aromatic heterocycles. The molecule has 18 heavy (non-hydrogen) atoms. The van der Waals surface area contributed by atoms with Gasteiger partial charge in [-0.1, -0.05) is 39.5 Å². The number of unbranched alkanes of at least 4 members (excludes halogenated alkanes) is 3. The molecule has 0 aliphatic carbocycles. The minimum atomic E-state index is 0.394. The van der Waals surface area contributed by atoms with Gasteiger partial charge in [0, 0.05) is 11.4 Å². The van der Waals surface area contributed by atoms with Crippen LogP contribution in [0.4, 0.5) is 0 Å². The van der Waals surface area contributed by atoms with Crippen molar-refractivity contribution in [2.75, 3.05) is 6.54 Å². The third-order valence-electron chi connectivity index (χ3n) is 3.24. The quantitative estimate of drug-likeness (QED) is 0.656. The Morgan fingerprint density at radius 3 is 2.50 bits per heavy atom. The highest BCUT2D eigenvalue weighted by atomic mass is 32.1. The number of hydrogen-bond donors (Lipinski definition) is 1. The van der Waals surface area contributed by atoms with Gasteiger partial charge in [0.2, 0.25) is 0 Å². The molecule has 2 nitrogen and oxygen atoms in total. The summed E-state index contributed by atoms with van der Waals surface area (Å²) in [5.41, 5.74) is 1.19. The fraction of sp³-hybridized carbons (Fsp3) is 0.800. The van der Waals surface area contributed by atoms with Gasteiger partial charge in [0.25, 0.3) is 0 Å². The molecule has 1 aromatic rings. The molecule has 0 aliphatic rings. The van der Waals surface area contributed by atoms with E-state index >= 15 is 0 Å². The lowest BCUT2D eigenvalue weighted by atomic mass is 10.0. The number of aryl methyl sites for hydroxylation is 1. The smallest absolute Gasteiger partial charge is 0.0898 e. The molecular formula is C15H28N2S. The van der Waals surface area contributed by atoms with Gasteiger partial charge in [-0.2, -0.15) is 0 Å². The van der Waals surface area contributed by atoms with E-state index in [0.717, 1.165) is 17.5 Å². The van der Waals surface area contributed by atoms with E-state index in [1.54, 1.807) is 11.3 Å². The van der Waals surface area contributed by atoms with Crippen molar-refractivity contribution in [2.45, 2.75) is 65.8 Å². The van der Waals surface area contributed by atoms with E-state index in [2.05, 4.69) is 43.4 Å². The summed E-state index contributed by atoms with van der Waals surface area (Å²) in [4.78, 5) is 4.51. The van der Waals surface area contributed by atoms with Gasteiger partial charge in [0.15, 0.2) is 0 Å². The van der Waals surface area contributed by atoms with Gasteiger partial charge in [-0.3, -0.25) is 0 Å². The van der Waals surface area contributed by atoms with Crippen LogP contribution in [-0.2, 0) is 0 Å². The van der Waals surface area contributed by atoms with Gasteiger partial charge in [0.05, 0.1) is 10.7 Å². The molecule has 0 saturated heterocycles. The first-order chi connectivity index (χ1) is 8.59. The Labute approximate surface area is 116 Å². The maximum Gasteiger partial charge on any atom is 0.0898 e. The molecule has 3 heteroatoms. The molecule has 1 N–H and O–H groups in total. The Morgan fingerprint density at radius 1 is 1.17 bits per heavy atom. The Bertz CT molecular complexity index is 320. The minimum Gasteiger partial charge on any atom is -0.309 e. The first-order valence-corrected chi connectivity index (χ1v) is 8.13. The highest BCUT2D eigenvalue weighted by Crippen LogP contribution is 2.15. The van der Waals surface area contributed by atoms with Crippen LogP contribution < -0.4 is 5.32 Å². The maximum absolute atomic E-state index is 4.51. The second-order valence-corrected chi connectivity index (χ2v) is 6.63. The predicted octanol–water partition coefficient (Wildman–Crippen LogP) is 4.71. The van der Waals surface area contributed by atoms with Crippen LogP contribution in [0.1, 0.15) is 69.6 Å². The Hall–Kier alpha value is -0.410. The van der Waals surface area contributed by atoms with Crippen molar-refractivity contribution in [1.82, 2.24) is 10.3 Å². The van der Waals surface area contributed by atoms with Crippen molar-refractivity contribution in [2.24, 2.45) is 5.92 Å². The fourth-order valence-electron chi connectivity index (χ4n) is 2.03.